The molecule has 0 saturated heterocycles. The van der Waals surface area contributed by atoms with E-state index in [1.165, 1.54) is 11.8 Å². The molecular formula is C11H13NO2S. The maximum Gasteiger partial charge on any atom is 0.232 e. The fraction of sp³-hybridized carbons (Fsp3) is 0.273. The first-order chi connectivity index (χ1) is 7.13. The summed E-state index contributed by atoms with van der Waals surface area (Å²) in [6.07, 6.45) is 0.803. The quantitative estimate of drug-likeness (QED) is 0.575. The van der Waals surface area contributed by atoms with Crippen molar-refractivity contribution in [2.75, 3.05) is 19.8 Å². The number of rotatable bonds is 4. The Balaban J connectivity index is 2.57. The summed E-state index contributed by atoms with van der Waals surface area (Å²) < 4.78 is 0. The number of hydrogen-bond donors (Lipinski definition) is 0. The van der Waals surface area contributed by atoms with E-state index in [1.54, 1.807) is 31.1 Å². The fourth-order valence-corrected chi connectivity index (χ4v) is 1.89. The molecule has 4 heteroatoms. The van der Waals surface area contributed by atoms with Crippen LogP contribution in [0.2, 0.25) is 0 Å². The maximum atomic E-state index is 11.3. The average molecular weight is 223 g/mol. The number of benzene rings is 1. The summed E-state index contributed by atoms with van der Waals surface area (Å²) in [6.45, 7) is 0. The van der Waals surface area contributed by atoms with Gasteiger partial charge in [0.05, 0.1) is 5.75 Å². The van der Waals surface area contributed by atoms with Crippen LogP contribution >= 0.6 is 11.8 Å². The van der Waals surface area contributed by atoms with E-state index >= 15 is 0 Å². The predicted octanol–water partition coefficient (Wildman–Crippen LogP) is 1.68. The molecule has 0 atom stereocenters. The first kappa shape index (κ1) is 11.8. The molecular weight excluding hydrogens is 210 g/mol. The van der Waals surface area contributed by atoms with E-state index < -0.39 is 0 Å². The van der Waals surface area contributed by atoms with Gasteiger partial charge in [-0.2, -0.15) is 0 Å². The van der Waals surface area contributed by atoms with Gasteiger partial charge in [0, 0.05) is 24.6 Å². The lowest BCUT2D eigenvalue weighted by Crippen LogP contribution is -2.23. The minimum atomic E-state index is 0.0662. The van der Waals surface area contributed by atoms with Crippen molar-refractivity contribution in [3.8, 4) is 0 Å². The molecule has 3 nitrogen and oxygen atoms in total. The molecule has 1 aromatic carbocycles. The van der Waals surface area contributed by atoms with Crippen LogP contribution in [0.3, 0.4) is 0 Å². The van der Waals surface area contributed by atoms with Gasteiger partial charge in [-0.25, -0.2) is 0 Å². The maximum absolute atomic E-state index is 11.3. The second-order valence-electron chi connectivity index (χ2n) is 3.27. The Labute approximate surface area is 93.5 Å². The van der Waals surface area contributed by atoms with Crippen molar-refractivity contribution in [2.45, 2.75) is 4.90 Å². The van der Waals surface area contributed by atoms with Gasteiger partial charge in [0.25, 0.3) is 0 Å². The van der Waals surface area contributed by atoms with Crippen molar-refractivity contribution >= 4 is 24.0 Å². The van der Waals surface area contributed by atoms with E-state index in [0.717, 1.165) is 11.2 Å². The van der Waals surface area contributed by atoms with E-state index in [9.17, 15) is 9.59 Å². The molecule has 0 bridgehead atoms. The van der Waals surface area contributed by atoms with E-state index in [0.29, 0.717) is 11.3 Å². The Morgan fingerprint density at radius 1 is 1.47 bits per heavy atom. The van der Waals surface area contributed by atoms with Crippen molar-refractivity contribution in [1.82, 2.24) is 4.90 Å². The summed E-state index contributed by atoms with van der Waals surface area (Å²) in [7, 11) is 3.45. The number of nitrogens with zero attached hydrogens (tertiary/aromatic N) is 1. The zero-order valence-electron chi connectivity index (χ0n) is 8.77. The third-order valence-corrected chi connectivity index (χ3v) is 2.83. The molecule has 0 spiro atoms. The highest BCUT2D eigenvalue weighted by Crippen LogP contribution is 2.18. The van der Waals surface area contributed by atoms with Crippen molar-refractivity contribution in [3.63, 3.8) is 0 Å². The lowest BCUT2D eigenvalue weighted by atomic mass is 10.2. The second kappa shape index (κ2) is 5.56. The third kappa shape index (κ3) is 3.75. The van der Waals surface area contributed by atoms with Gasteiger partial charge in [0.1, 0.15) is 6.29 Å². The molecule has 80 valence electrons. The second-order valence-corrected chi connectivity index (χ2v) is 4.32. The van der Waals surface area contributed by atoms with Crippen LogP contribution in [0, 0.1) is 0 Å². The number of amides is 1. The molecule has 1 rings (SSSR count). The lowest BCUT2D eigenvalue weighted by molar-refractivity contribution is -0.125. The Hall–Kier alpha value is -1.29. The lowest BCUT2D eigenvalue weighted by Gasteiger charge is -2.09. The number of hydrogen-bond acceptors (Lipinski definition) is 3. The SMILES string of the molecule is CN(C)C(=O)CSc1cccc(C=O)c1. The van der Waals surface area contributed by atoms with Crippen LogP contribution in [0.15, 0.2) is 29.2 Å². The zero-order chi connectivity index (χ0) is 11.3. The zero-order valence-corrected chi connectivity index (χ0v) is 9.58. The molecule has 0 N–H and O–H groups in total. The van der Waals surface area contributed by atoms with Gasteiger partial charge in [-0.15, -0.1) is 11.8 Å². The molecule has 0 saturated carbocycles. The van der Waals surface area contributed by atoms with E-state index in [2.05, 4.69) is 0 Å². The summed E-state index contributed by atoms with van der Waals surface area (Å²) >= 11 is 1.44. The van der Waals surface area contributed by atoms with Crippen LogP contribution in [0.5, 0.6) is 0 Å². The Morgan fingerprint density at radius 3 is 2.80 bits per heavy atom. The predicted molar refractivity (Wildman–Crippen MR) is 61.2 cm³/mol. The number of carbonyl (C=O) groups excluding carboxylic acids is 2. The molecule has 1 amide bonds. The van der Waals surface area contributed by atoms with Gasteiger partial charge in [0.15, 0.2) is 0 Å². The molecule has 0 aliphatic rings. The van der Waals surface area contributed by atoms with Crippen molar-refractivity contribution in [2.24, 2.45) is 0 Å². The number of aldehydes is 1. The van der Waals surface area contributed by atoms with Crippen LogP contribution in [-0.2, 0) is 4.79 Å². The highest BCUT2D eigenvalue weighted by molar-refractivity contribution is 8.00. The molecule has 0 radical (unpaired) electrons. The Morgan fingerprint density at radius 2 is 2.20 bits per heavy atom. The van der Waals surface area contributed by atoms with Gasteiger partial charge >= 0.3 is 0 Å². The first-order valence-electron chi connectivity index (χ1n) is 4.51. The van der Waals surface area contributed by atoms with Crippen LogP contribution in [-0.4, -0.2) is 36.9 Å². The van der Waals surface area contributed by atoms with Gasteiger partial charge in [-0.1, -0.05) is 12.1 Å². The van der Waals surface area contributed by atoms with E-state index in [-0.39, 0.29) is 5.91 Å². The molecule has 0 aliphatic carbocycles. The van der Waals surface area contributed by atoms with Gasteiger partial charge in [-0.3, -0.25) is 9.59 Å². The van der Waals surface area contributed by atoms with E-state index in [4.69, 9.17) is 0 Å². The monoisotopic (exact) mass is 223 g/mol. The number of carbonyl (C=O) groups is 2. The third-order valence-electron chi connectivity index (χ3n) is 1.86. The Bertz CT molecular complexity index is 363. The molecule has 1 aromatic rings. The molecule has 0 fully saturated rings. The molecule has 0 heterocycles. The summed E-state index contributed by atoms with van der Waals surface area (Å²) in [6, 6.07) is 7.22. The molecule has 0 aliphatic heterocycles. The minimum Gasteiger partial charge on any atom is -0.348 e. The van der Waals surface area contributed by atoms with Gasteiger partial charge in [-0.05, 0) is 12.1 Å². The topological polar surface area (TPSA) is 37.4 Å². The normalized spacial score (nSPS) is 9.73. The molecule has 15 heavy (non-hydrogen) atoms. The van der Waals surface area contributed by atoms with Crippen LogP contribution in [0.4, 0.5) is 0 Å². The summed E-state index contributed by atoms with van der Waals surface area (Å²) in [5.74, 6) is 0.464. The smallest absolute Gasteiger partial charge is 0.232 e. The highest BCUT2D eigenvalue weighted by Gasteiger charge is 2.04. The largest absolute Gasteiger partial charge is 0.348 e. The average Bonchev–Trinajstić information content (AvgIpc) is 2.26. The van der Waals surface area contributed by atoms with E-state index in [1.807, 2.05) is 12.1 Å². The van der Waals surface area contributed by atoms with Gasteiger partial charge < -0.3 is 4.90 Å². The summed E-state index contributed by atoms with van der Waals surface area (Å²) in [4.78, 5) is 24.3. The highest BCUT2D eigenvalue weighted by atomic mass is 32.2. The minimum absolute atomic E-state index is 0.0662. The summed E-state index contributed by atoms with van der Waals surface area (Å²) in [5, 5.41) is 0. The fourth-order valence-electron chi connectivity index (χ4n) is 0.952. The van der Waals surface area contributed by atoms with Gasteiger partial charge in [0.2, 0.25) is 5.91 Å². The van der Waals surface area contributed by atoms with Crippen LogP contribution in [0.1, 0.15) is 10.4 Å². The number of thioether (sulfide) groups is 1. The van der Waals surface area contributed by atoms with Crippen molar-refractivity contribution < 1.29 is 9.59 Å². The standard InChI is InChI=1S/C11H13NO2S/c1-12(2)11(14)8-15-10-5-3-4-9(6-10)7-13/h3-7H,8H2,1-2H3. The Kier molecular flexibility index (Phi) is 4.37. The van der Waals surface area contributed by atoms with Crippen molar-refractivity contribution in [1.29, 1.82) is 0 Å². The van der Waals surface area contributed by atoms with Crippen molar-refractivity contribution in [3.05, 3.63) is 29.8 Å². The van der Waals surface area contributed by atoms with Crippen LogP contribution in [0.25, 0.3) is 0 Å². The van der Waals surface area contributed by atoms with Crippen LogP contribution < -0.4 is 0 Å². The first-order valence-corrected chi connectivity index (χ1v) is 5.50. The molecule has 0 unspecified atom stereocenters. The summed E-state index contributed by atoms with van der Waals surface area (Å²) in [5.41, 5.74) is 0.636. The molecule has 0 aromatic heterocycles.